The SMILES string of the molecule is CCCCC/C=C\C/C=C\CCCCCCCCCC(=O)OCCCCCCCCCCCCCCCCCCCCCCCCCCCCC(=O)NC(CO)C(O)/C=C/CCCCCCCCCCCCCCCCCCCCCC. The lowest BCUT2D eigenvalue weighted by molar-refractivity contribution is -0.143. The van der Waals surface area contributed by atoms with Gasteiger partial charge < -0.3 is 20.3 Å². The molecule has 484 valence electrons. The summed E-state index contributed by atoms with van der Waals surface area (Å²) in [5, 5.41) is 23.3. The molecule has 0 heterocycles. The monoisotopic (exact) mass is 1150 g/mol. The number of hydrogen-bond donors (Lipinski definition) is 3. The van der Waals surface area contributed by atoms with E-state index in [0.717, 1.165) is 51.4 Å². The predicted octanol–water partition coefficient (Wildman–Crippen LogP) is 24.3. The summed E-state index contributed by atoms with van der Waals surface area (Å²) in [5.74, 6) is -0.0518. The summed E-state index contributed by atoms with van der Waals surface area (Å²) in [5.41, 5.74) is 0. The highest BCUT2D eigenvalue weighted by Gasteiger charge is 2.18. The zero-order chi connectivity index (χ0) is 59.2. The molecule has 0 aromatic heterocycles. The normalized spacial score (nSPS) is 12.7. The molecule has 1 amide bonds. The van der Waals surface area contributed by atoms with Crippen molar-refractivity contribution < 1.29 is 24.5 Å². The van der Waals surface area contributed by atoms with Crippen molar-refractivity contribution in [2.75, 3.05) is 13.2 Å². The first kappa shape index (κ1) is 80.1. The Morgan fingerprint density at radius 3 is 0.951 bits per heavy atom. The zero-order valence-electron chi connectivity index (χ0n) is 55.5. The number of aliphatic hydroxyl groups is 2. The number of hydrogen-bond acceptors (Lipinski definition) is 5. The Kier molecular flexibility index (Phi) is 69.9. The van der Waals surface area contributed by atoms with Crippen molar-refractivity contribution >= 4 is 11.9 Å². The number of amides is 1. The number of rotatable bonds is 70. The van der Waals surface area contributed by atoms with E-state index in [1.807, 2.05) is 6.08 Å². The van der Waals surface area contributed by atoms with Crippen LogP contribution < -0.4 is 5.32 Å². The van der Waals surface area contributed by atoms with Crippen LogP contribution in [0.5, 0.6) is 0 Å². The molecular formula is C76H145NO5. The van der Waals surface area contributed by atoms with Gasteiger partial charge in [0, 0.05) is 12.8 Å². The Bertz CT molecular complexity index is 1330. The topological polar surface area (TPSA) is 95.9 Å². The van der Waals surface area contributed by atoms with Crippen LogP contribution in [0.3, 0.4) is 0 Å². The van der Waals surface area contributed by atoms with Crippen LogP contribution in [-0.4, -0.2) is 47.4 Å². The van der Waals surface area contributed by atoms with E-state index < -0.39 is 12.1 Å². The molecule has 0 aromatic rings. The first-order valence-corrected chi connectivity index (χ1v) is 37.3. The van der Waals surface area contributed by atoms with E-state index in [-0.39, 0.29) is 18.5 Å². The fourth-order valence-corrected chi connectivity index (χ4v) is 11.7. The van der Waals surface area contributed by atoms with Crippen molar-refractivity contribution in [2.45, 2.75) is 424 Å². The van der Waals surface area contributed by atoms with Crippen molar-refractivity contribution in [3.05, 3.63) is 36.5 Å². The van der Waals surface area contributed by atoms with Gasteiger partial charge in [0.2, 0.25) is 5.91 Å². The minimum atomic E-state index is -0.844. The largest absolute Gasteiger partial charge is 0.466 e. The van der Waals surface area contributed by atoms with Crippen LogP contribution in [0.2, 0.25) is 0 Å². The molecule has 0 aliphatic carbocycles. The highest BCUT2D eigenvalue weighted by Crippen LogP contribution is 2.19. The zero-order valence-corrected chi connectivity index (χ0v) is 55.5. The smallest absolute Gasteiger partial charge is 0.305 e. The molecule has 0 spiro atoms. The van der Waals surface area contributed by atoms with Crippen LogP contribution in [0.25, 0.3) is 0 Å². The molecule has 0 saturated heterocycles. The summed E-state index contributed by atoms with van der Waals surface area (Å²) in [6, 6.07) is -0.628. The lowest BCUT2D eigenvalue weighted by Gasteiger charge is -2.20. The third kappa shape index (κ3) is 67.2. The number of ether oxygens (including phenoxy) is 1. The minimum absolute atomic E-state index is 0.00977. The van der Waals surface area contributed by atoms with Crippen molar-refractivity contribution in [3.8, 4) is 0 Å². The van der Waals surface area contributed by atoms with Crippen LogP contribution in [0.1, 0.15) is 412 Å². The summed E-state index contributed by atoms with van der Waals surface area (Å²) in [6.07, 6.45) is 92.3. The van der Waals surface area contributed by atoms with E-state index in [9.17, 15) is 19.8 Å². The fraction of sp³-hybridized carbons (Fsp3) is 0.895. The molecule has 0 bridgehead atoms. The Morgan fingerprint density at radius 1 is 0.341 bits per heavy atom. The van der Waals surface area contributed by atoms with E-state index in [4.69, 9.17) is 4.74 Å². The molecule has 0 aliphatic rings. The molecule has 6 nitrogen and oxygen atoms in total. The number of aliphatic hydroxyl groups excluding tert-OH is 2. The maximum atomic E-state index is 12.5. The first-order chi connectivity index (χ1) is 40.5. The number of unbranched alkanes of at least 4 members (excludes halogenated alkanes) is 55. The first-order valence-electron chi connectivity index (χ1n) is 37.3. The van der Waals surface area contributed by atoms with E-state index >= 15 is 0 Å². The summed E-state index contributed by atoms with van der Waals surface area (Å²) in [7, 11) is 0. The Hall–Kier alpha value is -1.92. The summed E-state index contributed by atoms with van der Waals surface area (Å²) in [4.78, 5) is 24.6. The van der Waals surface area contributed by atoms with Crippen LogP contribution in [0, 0.1) is 0 Å². The van der Waals surface area contributed by atoms with Gasteiger partial charge in [-0.3, -0.25) is 9.59 Å². The highest BCUT2D eigenvalue weighted by molar-refractivity contribution is 5.76. The molecular weight excluding hydrogens is 1010 g/mol. The van der Waals surface area contributed by atoms with E-state index in [1.54, 1.807) is 6.08 Å². The molecule has 3 N–H and O–H groups in total. The molecule has 2 atom stereocenters. The second kappa shape index (κ2) is 71.6. The average molecular weight is 1150 g/mol. The third-order valence-corrected chi connectivity index (χ3v) is 17.4. The van der Waals surface area contributed by atoms with Crippen molar-refractivity contribution in [2.24, 2.45) is 0 Å². The standard InChI is InChI=1S/C76H145NO5/c1-3-5-7-9-11-13-15-17-19-21-22-23-30-33-37-40-44-48-52-56-60-64-68-74(79)73(72-78)77-75(80)69-65-61-57-53-49-45-41-38-34-31-28-26-24-25-27-29-32-35-39-43-47-51-55-59-63-67-71-82-76(81)70-66-62-58-54-50-46-42-36-20-18-16-14-12-10-8-6-4-2/h12,14,18,20,64,68,73-74,78-79H,3-11,13,15-17,19,21-63,65-67,69-72H2,1-2H3,(H,77,80)/b14-12-,20-18-,68-64+. The lowest BCUT2D eigenvalue weighted by Crippen LogP contribution is -2.45. The fourth-order valence-electron chi connectivity index (χ4n) is 11.7. The van der Waals surface area contributed by atoms with Crippen LogP contribution >= 0.6 is 0 Å². The Labute approximate surface area is 513 Å². The average Bonchev–Trinajstić information content (AvgIpc) is 3.48. The maximum Gasteiger partial charge on any atom is 0.305 e. The predicted molar refractivity (Wildman–Crippen MR) is 361 cm³/mol. The number of esters is 1. The quantitative estimate of drug-likeness (QED) is 0.0320. The van der Waals surface area contributed by atoms with Crippen LogP contribution in [-0.2, 0) is 14.3 Å². The van der Waals surface area contributed by atoms with Gasteiger partial charge >= 0.3 is 5.97 Å². The second-order valence-corrected chi connectivity index (χ2v) is 25.6. The molecule has 0 fully saturated rings. The van der Waals surface area contributed by atoms with Gasteiger partial charge in [-0.25, -0.2) is 0 Å². The van der Waals surface area contributed by atoms with Gasteiger partial charge in [0.25, 0.3) is 0 Å². The Morgan fingerprint density at radius 2 is 0.610 bits per heavy atom. The van der Waals surface area contributed by atoms with Crippen molar-refractivity contribution in [1.82, 2.24) is 5.32 Å². The van der Waals surface area contributed by atoms with Gasteiger partial charge in [-0.1, -0.05) is 371 Å². The number of carbonyl (C=O) groups is 2. The lowest BCUT2D eigenvalue weighted by atomic mass is 10.0. The highest BCUT2D eigenvalue weighted by atomic mass is 16.5. The maximum absolute atomic E-state index is 12.5. The number of nitrogens with one attached hydrogen (secondary N) is 1. The third-order valence-electron chi connectivity index (χ3n) is 17.4. The van der Waals surface area contributed by atoms with Gasteiger partial charge in [0.1, 0.15) is 0 Å². The summed E-state index contributed by atoms with van der Waals surface area (Å²) >= 11 is 0. The van der Waals surface area contributed by atoms with Crippen LogP contribution in [0.15, 0.2) is 36.5 Å². The van der Waals surface area contributed by atoms with E-state index in [1.165, 1.54) is 334 Å². The molecule has 0 aromatic carbocycles. The number of allylic oxidation sites excluding steroid dienone is 5. The minimum Gasteiger partial charge on any atom is -0.466 e. The van der Waals surface area contributed by atoms with E-state index in [2.05, 4.69) is 43.5 Å². The molecule has 0 saturated carbocycles. The van der Waals surface area contributed by atoms with Gasteiger partial charge in [-0.2, -0.15) is 0 Å². The van der Waals surface area contributed by atoms with Gasteiger partial charge in [0.05, 0.1) is 25.4 Å². The molecule has 6 heteroatoms. The molecule has 2 unspecified atom stereocenters. The van der Waals surface area contributed by atoms with E-state index in [0.29, 0.717) is 19.4 Å². The van der Waals surface area contributed by atoms with Gasteiger partial charge in [-0.05, 0) is 64.2 Å². The van der Waals surface area contributed by atoms with Crippen molar-refractivity contribution in [3.63, 3.8) is 0 Å². The molecule has 0 rings (SSSR count). The second-order valence-electron chi connectivity index (χ2n) is 25.6. The van der Waals surface area contributed by atoms with Crippen LogP contribution in [0.4, 0.5) is 0 Å². The van der Waals surface area contributed by atoms with Crippen molar-refractivity contribution in [1.29, 1.82) is 0 Å². The van der Waals surface area contributed by atoms with Gasteiger partial charge in [0.15, 0.2) is 0 Å². The van der Waals surface area contributed by atoms with Gasteiger partial charge in [-0.15, -0.1) is 0 Å². The molecule has 82 heavy (non-hydrogen) atoms. The molecule has 0 aliphatic heterocycles. The Balaban J connectivity index is 3.38. The summed E-state index contributed by atoms with van der Waals surface area (Å²) in [6.45, 7) is 4.92. The number of carbonyl (C=O) groups excluding carboxylic acids is 2. The summed E-state index contributed by atoms with van der Waals surface area (Å²) < 4.78 is 5.50. The molecule has 0 radical (unpaired) electrons.